The van der Waals surface area contributed by atoms with Crippen LogP contribution in [0.25, 0.3) is 0 Å². The van der Waals surface area contributed by atoms with Gasteiger partial charge in [-0.1, -0.05) is 13.8 Å². The number of amides is 6. The number of rotatable bonds is 18. The van der Waals surface area contributed by atoms with Crippen LogP contribution >= 0.6 is 0 Å². The molecule has 0 spiro atoms. The van der Waals surface area contributed by atoms with Crippen molar-refractivity contribution < 1.29 is 33.6 Å². The van der Waals surface area contributed by atoms with Crippen LogP contribution in [0.4, 0.5) is 0 Å². The molecule has 0 bridgehead atoms. The predicted octanol–water partition coefficient (Wildman–Crippen LogP) is -3.48. The van der Waals surface area contributed by atoms with E-state index in [1.165, 1.54) is 0 Å². The summed E-state index contributed by atoms with van der Waals surface area (Å²) < 4.78 is 0. The standard InChI is InChI=1S/C24H40N9O7/c1-13(2)12-17(20(37)28-10-11-34)33-21(38)14(4-3-9-29-24(26)27)31-23(40)16(5-7-18(25)35)32-22(39)15-6-8-19(36)30-15/h13-17H,3-10,12H2,1-2H3,(H2,25,35)(H,28,37)(H,30,36)(H,31,40)(H,32,39)(H,33,38)(H4,26,27,29)/t14-,15-,16-,17-/m0/s1. The van der Waals surface area contributed by atoms with E-state index in [1.54, 1.807) is 6.29 Å². The van der Waals surface area contributed by atoms with E-state index in [4.69, 9.17) is 16.9 Å². The topological polar surface area (TPSA) is 268 Å². The third kappa shape index (κ3) is 13.0. The van der Waals surface area contributed by atoms with Crippen LogP contribution in [0.3, 0.4) is 0 Å². The summed E-state index contributed by atoms with van der Waals surface area (Å²) in [5.41, 5.74) is 10.5. The lowest BCUT2D eigenvalue weighted by Gasteiger charge is -2.26. The van der Waals surface area contributed by atoms with Gasteiger partial charge in [-0.25, -0.2) is 0 Å². The highest BCUT2D eigenvalue weighted by Gasteiger charge is 2.33. The summed E-state index contributed by atoms with van der Waals surface area (Å²) >= 11 is 0. The molecule has 1 fully saturated rings. The number of primary amides is 1. The molecule has 11 N–H and O–H groups in total. The molecule has 16 heteroatoms. The van der Waals surface area contributed by atoms with E-state index in [2.05, 4.69) is 31.9 Å². The van der Waals surface area contributed by atoms with Gasteiger partial charge in [-0.05, 0) is 38.0 Å². The Hall–Kier alpha value is -4.24. The fourth-order valence-corrected chi connectivity index (χ4v) is 3.93. The van der Waals surface area contributed by atoms with Crippen molar-refractivity contribution in [3.05, 3.63) is 0 Å². The predicted molar refractivity (Wildman–Crippen MR) is 143 cm³/mol. The third-order valence-electron chi connectivity index (χ3n) is 5.92. The average Bonchev–Trinajstić information content (AvgIpc) is 3.31. The molecule has 1 radical (unpaired) electrons. The molecule has 0 unspecified atom stereocenters. The molecule has 1 aliphatic rings. The van der Waals surface area contributed by atoms with Gasteiger partial charge in [0.05, 0.1) is 6.54 Å². The molecule has 0 aromatic carbocycles. The van der Waals surface area contributed by atoms with Crippen molar-refractivity contribution in [3.8, 4) is 0 Å². The number of nitrogens with two attached hydrogens (primary N) is 2. The molecule has 1 saturated heterocycles. The van der Waals surface area contributed by atoms with Crippen LogP contribution in [0.15, 0.2) is 0 Å². The highest BCUT2D eigenvalue weighted by Crippen LogP contribution is 2.10. The Labute approximate surface area is 232 Å². The van der Waals surface area contributed by atoms with Gasteiger partial charge < -0.3 is 43.4 Å². The van der Waals surface area contributed by atoms with E-state index in [0.29, 0.717) is 0 Å². The first-order valence-electron chi connectivity index (χ1n) is 13.0. The maximum Gasteiger partial charge on any atom is 0.243 e. The zero-order valence-electron chi connectivity index (χ0n) is 22.8. The fraction of sp³-hybridized carbons (Fsp3) is 0.667. The zero-order chi connectivity index (χ0) is 30.2. The zero-order valence-corrected chi connectivity index (χ0v) is 22.8. The second-order valence-corrected chi connectivity index (χ2v) is 9.82. The summed E-state index contributed by atoms with van der Waals surface area (Å²) in [5, 5.41) is 22.4. The molecule has 6 amide bonds. The second kappa shape index (κ2) is 17.4. The molecular formula is C24H40N9O7. The Balaban J connectivity index is 3.07. The number of hydrogen-bond acceptors (Lipinski definition) is 8. The Morgan fingerprint density at radius 1 is 0.975 bits per heavy atom. The van der Waals surface area contributed by atoms with E-state index >= 15 is 0 Å². The Morgan fingerprint density at radius 3 is 2.12 bits per heavy atom. The van der Waals surface area contributed by atoms with Crippen molar-refractivity contribution in [1.29, 1.82) is 5.41 Å². The smallest absolute Gasteiger partial charge is 0.243 e. The largest absolute Gasteiger partial charge is 0.370 e. The highest BCUT2D eigenvalue weighted by molar-refractivity contribution is 5.96. The Bertz CT molecular complexity index is 957. The second-order valence-electron chi connectivity index (χ2n) is 9.82. The lowest BCUT2D eigenvalue weighted by Crippen LogP contribution is -2.58. The van der Waals surface area contributed by atoms with E-state index in [9.17, 15) is 33.6 Å². The van der Waals surface area contributed by atoms with Crippen LogP contribution < -0.4 is 43.4 Å². The molecule has 1 aliphatic heterocycles. The normalized spacial score (nSPS) is 16.6. The Morgan fingerprint density at radius 2 is 1.60 bits per heavy atom. The number of carbonyl (C=O) groups excluding carboxylic acids is 7. The van der Waals surface area contributed by atoms with Gasteiger partial charge in [-0.15, -0.1) is 0 Å². The minimum absolute atomic E-state index is 0.00598. The summed E-state index contributed by atoms with van der Waals surface area (Å²) in [6.07, 6.45) is 2.13. The van der Waals surface area contributed by atoms with Gasteiger partial charge in [-0.3, -0.25) is 39.0 Å². The lowest BCUT2D eigenvalue weighted by atomic mass is 10.0. The van der Waals surface area contributed by atoms with Gasteiger partial charge in [0.15, 0.2) is 5.96 Å². The molecule has 0 aromatic rings. The number of guanidine groups is 1. The maximum absolute atomic E-state index is 13.3. The molecular weight excluding hydrogens is 526 g/mol. The highest BCUT2D eigenvalue weighted by atomic mass is 16.2. The van der Waals surface area contributed by atoms with Crippen LogP contribution in [0.2, 0.25) is 0 Å². The number of nitrogens with one attached hydrogen (secondary N) is 7. The van der Waals surface area contributed by atoms with Crippen LogP contribution in [0, 0.1) is 11.3 Å². The monoisotopic (exact) mass is 566 g/mol. The molecule has 16 nitrogen and oxygen atoms in total. The van der Waals surface area contributed by atoms with Crippen LogP contribution in [0.1, 0.15) is 58.8 Å². The van der Waals surface area contributed by atoms with Crippen molar-refractivity contribution in [2.75, 3.05) is 13.1 Å². The first-order valence-corrected chi connectivity index (χ1v) is 13.0. The summed E-state index contributed by atoms with van der Waals surface area (Å²) in [6, 6.07) is -4.28. The minimum Gasteiger partial charge on any atom is -0.370 e. The van der Waals surface area contributed by atoms with E-state index in [-0.39, 0.29) is 75.8 Å². The molecule has 40 heavy (non-hydrogen) atoms. The van der Waals surface area contributed by atoms with Crippen molar-refractivity contribution >= 4 is 47.7 Å². The van der Waals surface area contributed by atoms with Crippen LogP contribution in [0.5, 0.6) is 0 Å². The molecule has 0 aliphatic carbocycles. The number of hydrogen-bond donors (Lipinski definition) is 9. The molecule has 0 saturated carbocycles. The van der Waals surface area contributed by atoms with Gasteiger partial charge in [0.2, 0.25) is 41.7 Å². The van der Waals surface area contributed by atoms with Gasteiger partial charge in [-0.2, -0.15) is 0 Å². The third-order valence-corrected chi connectivity index (χ3v) is 5.92. The van der Waals surface area contributed by atoms with Gasteiger partial charge in [0.25, 0.3) is 0 Å². The maximum atomic E-state index is 13.3. The van der Waals surface area contributed by atoms with Crippen molar-refractivity contribution in [1.82, 2.24) is 31.9 Å². The first-order chi connectivity index (χ1) is 18.8. The molecule has 1 rings (SSSR count). The average molecular weight is 567 g/mol. The molecule has 4 atom stereocenters. The van der Waals surface area contributed by atoms with Crippen LogP contribution in [-0.2, 0) is 33.6 Å². The first kappa shape index (κ1) is 33.8. The summed E-state index contributed by atoms with van der Waals surface area (Å²) in [5.74, 6) is -4.00. The van der Waals surface area contributed by atoms with Crippen molar-refractivity contribution in [2.45, 2.75) is 83.0 Å². The van der Waals surface area contributed by atoms with Gasteiger partial charge in [0.1, 0.15) is 24.2 Å². The summed E-state index contributed by atoms with van der Waals surface area (Å²) in [6.45, 7) is 3.53. The van der Waals surface area contributed by atoms with E-state index in [1.807, 2.05) is 13.8 Å². The molecule has 223 valence electrons. The van der Waals surface area contributed by atoms with E-state index in [0.717, 1.165) is 0 Å². The minimum atomic E-state index is -1.25. The van der Waals surface area contributed by atoms with Gasteiger partial charge in [0, 0.05) is 19.4 Å². The lowest BCUT2D eigenvalue weighted by molar-refractivity contribution is -0.134. The molecule has 0 aromatic heterocycles. The van der Waals surface area contributed by atoms with Gasteiger partial charge >= 0.3 is 0 Å². The summed E-state index contributed by atoms with van der Waals surface area (Å²) in [4.78, 5) is 85.1. The number of carbonyl (C=O) groups is 6. The SMILES string of the molecule is CC(C)C[C@H](NC(=O)[C@H](CCCNC(=N)N)NC(=O)[C@H](CCC(N)=O)NC(=O)[C@@H]1CCC(=O)N1)C(=O)NC[C]=O. The quantitative estimate of drug-likeness (QED) is 0.0452. The van der Waals surface area contributed by atoms with Crippen LogP contribution in [-0.4, -0.2) is 84.9 Å². The van der Waals surface area contributed by atoms with E-state index < -0.39 is 53.7 Å². The fourth-order valence-electron chi connectivity index (χ4n) is 3.93. The Kier molecular flexibility index (Phi) is 14.7. The summed E-state index contributed by atoms with van der Waals surface area (Å²) in [7, 11) is 0. The van der Waals surface area contributed by atoms with Crippen molar-refractivity contribution in [2.24, 2.45) is 17.4 Å². The molecule has 1 heterocycles. The van der Waals surface area contributed by atoms with Crippen molar-refractivity contribution in [3.63, 3.8) is 0 Å².